The number of benzene rings is 1. The Bertz CT molecular complexity index is 620. The summed E-state index contributed by atoms with van der Waals surface area (Å²) in [6.07, 6.45) is -0.634. The van der Waals surface area contributed by atoms with Crippen LogP contribution in [0.2, 0.25) is 0 Å². The van der Waals surface area contributed by atoms with Crippen molar-refractivity contribution in [3.63, 3.8) is 0 Å². The average Bonchev–Trinajstić information content (AvgIpc) is 2.45. The van der Waals surface area contributed by atoms with Gasteiger partial charge in [-0.3, -0.25) is 10.4 Å². The summed E-state index contributed by atoms with van der Waals surface area (Å²) in [6, 6.07) is 7.06. The van der Waals surface area contributed by atoms with Crippen LogP contribution in [0.15, 0.2) is 24.3 Å². The van der Waals surface area contributed by atoms with Crippen LogP contribution in [-0.2, 0) is 0 Å². The number of hydrogen-bond donors (Lipinski definition) is 6. The first-order chi connectivity index (χ1) is 10.4. The second kappa shape index (κ2) is 6.22. The van der Waals surface area contributed by atoms with Crippen LogP contribution in [0.25, 0.3) is 0 Å². The number of hydrogen-bond acceptors (Lipinski definition) is 9. The Hall–Kier alpha value is -2.94. The van der Waals surface area contributed by atoms with Gasteiger partial charge in [-0.1, -0.05) is 0 Å². The first-order valence-corrected chi connectivity index (χ1v) is 6.63. The minimum Gasteiger partial charge on any atom is -0.399 e. The lowest BCUT2D eigenvalue weighted by Gasteiger charge is -2.26. The molecule has 0 aliphatic heterocycles. The molecule has 9 nitrogen and oxygen atoms in total. The largest absolute Gasteiger partial charge is 0.399 e. The monoisotopic (exact) mass is 304 g/mol. The van der Waals surface area contributed by atoms with Crippen LogP contribution in [0.1, 0.15) is 6.92 Å². The number of aliphatic hydroxyl groups excluding tert-OH is 1. The molecular formula is C13H20N8O. The van der Waals surface area contributed by atoms with Crippen LogP contribution in [0.5, 0.6) is 0 Å². The van der Waals surface area contributed by atoms with Gasteiger partial charge in [-0.25, -0.2) is 0 Å². The normalized spacial score (nSPS) is 11.9. The molecule has 1 heterocycles. The molecule has 1 unspecified atom stereocenters. The van der Waals surface area contributed by atoms with Gasteiger partial charge in [0.15, 0.2) is 11.6 Å². The minimum atomic E-state index is -0.634. The highest BCUT2D eigenvalue weighted by Crippen LogP contribution is 2.23. The van der Waals surface area contributed by atoms with E-state index >= 15 is 0 Å². The van der Waals surface area contributed by atoms with Gasteiger partial charge in [-0.05, 0) is 31.2 Å². The lowest BCUT2D eigenvalue weighted by molar-refractivity contribution is 0.201. The van der Waals surface area contributed by atoms with Crippen LogP contribution < -0.4 is 33.4 Å². The third-order valence-corrected chi connectivity index (χ3v) is 2.86. The fourth-order valence-electron chi connectivity index (χ4n) is 1.77. The highest BCUT2D eigenvalue weighted by molar-refractivity contribution is 5.73. The predicted molar refractivity (Wildman–Crippen MR) is 88.8 cm³/mol. The fraction of sp³-hybridized carbons (Fsp3) is 0.231. The number of rotatable bonds is 5. The van der Waals surface area contributed by atoms with E-state index in [-0.39, 0.29) is 29.8 Å². The Morgan fingerprint density at radius 2 is 1.64 bits per heavy atom. The molecule has 0 saturated heterocycles. The van der Waals surface area contributed by atoms with Crippen LogP contribution in [0.3, 0.4) is 0 Å². The second-order valence-corrected chi connectivity index (χ2v) is 4.90. The van der Waals surface area contributed by atoms with Gasteiger partial charge in [0.1, 0.15) is 5.69 Å². The lowest BCUT2D eigenvalue weighted by atomic mass is 10.3. The van der Waals surface area contributed by atoms with E-state index in [9.17, 15) is 5.11 Å². The molecule has 0 spiro atoms. The van der Waals surface area contributed by atoms with Crippen molar-refractivity contribution in [2.75, 3.05) is 39.9 Å². The Morgan fingerprint density at radius 3 is 2.14 bits per heavy atom. The van der Waals surface area contributed by atoms with Gasteiger partial charge in [0.2, 0.25) is 5.95 Å². The van der Waals surface area contributed by atoms with Crippen molar-refractivity contribution >= 4 is 34.6 Å². The first kappa shape index (κ1) is 15.4. The summed E-state index contributed by atoms with van der Waals surface area (Å²) in [6.45, 7) is 1.86. The molecule has 9 heteroatoms. The lowest BCUT2D eigenvalue weighted by Crippen LogP contribution is -2.37. The summed E-state index contributed by atoms with van der Waals surface area (Å²) in [4.78, 5) is 8.18. The molecule has 2 rings (SSSR count). The number of nitrogens with two attached hydrogens (primary N) is 4. The predicted octanol–water partition coefficient (Wildman–Crippen LogP) is 0.0197. The van der Waals surface area contributed by atoms with Crippen LogP contribution in [0, 0.1) is 0 Å². The standard InChI is InChI=1S/C13H20N8O/c1-7(22)6-21(20-9-4-2-8(14)3-5-9)13-18-11(16)10(15)12(17)19-13/h2-5,7,20,22H,6,14-15H2,1H3,(H4,16,17,18,19). The smallest absolute Gasteiger partial charge is 0.248 e. The summed E-state index contributed by atoms with van der Waals surface area (Å²) >= 11 is 0. The van der Waals surface area contributed by atoms with Crippen molar-refractivity contribution in [1.29, 1.82) is 0 Å². The Morgan fingerprint density at radius 1 is 1.09 bits per heavy atom. The van der Waals surface area contributed by atoms with E-state index in [4.69, 9.17) is 22.9 Å². The summed E-state index contributed by atoms with van der Waals surface area (Å²) < 4.78 is 0. The molecule has 118 valence electrons. The fourth-order valence-corrected chi connectivity index (χ4v) is 1.77. The molecule has 0 saturated carbocycles. The number of anilines is 6. The van der Waals surface area contributed by atoms with E-state index in [1.165, 1.54) is 5.01 Å². The number of hydrazine groups is 1. The van der Waals surface area contributed by atoms with Crippen LogP contribution in [-0.4, -0.2) is 27.7 Å². The highest BCUT2D eigenvalue weighted by Gasteiger charge is 2.16. The number of nitrogen functional groups attached to an aromatic ring is 4. The molecule has 0 radical (unpaired) electrons. The van der Waals surface area contributed by atoms with Crippen molar-refractivity contribution in [1.82, 2.24) is 9.97 Å². The maximum atomic E-state index is 9.66. The maximum Gasteiger partial charge on any atom is 0.248 e. The number of aromatic nitrogens is 2. The zero-order chi connectivity index (χ0) is 16.3. The van der Waals surface area contributed by atoms with Gasteiger partial charge in [0.05, 0.1) is 18.3 Å². The van der Waals surface area contributed by atoms with E-state index in [1.54, 1.807) is 31.2 Å². The summed E-state index contributed by atoms with van der Waals surface area (Å²) in [5, 5.41) is 11.2. The maximum absolute atomic E-state index is 9.66. The molecule has 2 aromatic rings. The third-order valence-electron chi connectivity index (χ3n) is 2.86. The van der Waals surface area contributed by atoms with Crippen LogP contribution >= 0.6 is 0 Å². The van der Waals surface area contributed by atoms with Crippen molar-refractivity contribution in [2.24, 2.45) is 0 Å². The Labute approximate surface area is 127 Å². The van der Waals surface area contributed by atoms with Gasteiger partial charge in [0, 0.05) is 5.69 Å². The van der Waals surface area contributed by atoms with Crippen molar-refractivity contribution in [3.8, 4) is 0 Å². The van der Waals surface area contributed by atoms with Crippen LogP contribution in [0.4, 0.5) is 34.6 Å². The van der Waals surface area contributed by atoms with Gasteiger partial charge in [-0.15, -0.1) is 0 Å². The number of nitrogens with one attached hydrogen (secondary N) is 1. The van der Waals surface area contributed by atoms with E-state index in [2.05, 4.69) is 15.4 Å². The van der Waals surface area contributed by atoms with Gasteiger partial charge in [0.25, 0.3) is 0 Å². The van der Waals surface area contributed by atoms with E-state index in [1.807, 2.05) is 0 Å². The first-order valence-electron chi connectivity index (χ1n) is 6.63. The van der Waals surface area contributed by atoms with Gasteiger partial charge in [-0.2, -0.15) is 9.97 Å². The molecule has 1 aromatic heterocycles. The van der Waals surface area contributed by atoms with E-state index in [0.717, 1.165) is 5.69 Å². The molecular weight excluding hydrogens is 284 g/mol. The quantitative estimate of drug-likeness (QED) is 0.330. The third kappa shape index (κ3) is 3.58. The molecule has 0 aliphatic carbocycles. The molecule has 0 fully saturated rings. The summed E-state index contributed by atoms with van der Waals surface area (Å²) in [5.41, 5.74) is 27.3. The van der Waals surface area contributed by atoms with Crippen molar-refractivity contribution in [2.45, 2.75) is 13.0 Å². The van der Waals surface area contributed by atoms with E-state index in [0.29, 0.717) is 5.69 Å². The zero-order valence-electron chi connectivity index (χ0n) is 12.2. The Kier molecular flexibility index (Phi) is 4.37. The molecule has 0 aliphatic rings. The number of aliphatic hydroxyl groups is 1. The SMILES string of the molecule is CC(O)CN(Nc1ccc(N)cc1)c1nc(N)c(N)c(N)n1. The molecule has 1 aromatic carbocycles. The molecule has 10 N–H and O–H groups in total. The average molecular weight is 304 g/mol. The molecule has 0 amide bonds. The molecule has 1 atom stereocenters. The van der Waals surface area contributed by atoms with E-state index < -0.39 is 6.10 Å². The summed E-state index contributed by atoms with van der Waals surface area (Å²) in [5.74, 6) is 0.372. The van der Waals surface area contributed by atoms with Crippen molar-refractivity contribution < 1.29 is 5.11 Å². The Balaban J connectivity index is 2.31. The van der Waals surface area contributed by atoms with Gasteiger partial charge < -0.3 is 28.0 Å². The van der Waals surface area contributed by atoms with Gasteiger partial charge >= 0.3 is 0 Å². The highest BCUT2D eigenvalue weighted by atomic mass is 16.3. The summed E-state index contributed by atoms with van der Waals surface area (Å²) in [7, 11) is 0. The number of nitrogens with zero attached hydrogens (tertiary/aromatic N) is 3. The molecule has 22 heavy (non-hydrogen) atoms. The molecule has 0 bridgehead atoms. The zero-order valence-corrected chi connectivity index (χ0v) is 12.2. The minimum absolute atomic E-state index is 0.0807. The second-order valence-electron chi connectivity index (χ2n) is 4.90. The van der Waals surface area contributed by atoms with Crippen molar-refractivity contribution in [3.05, 3.63) is 24.3 Å². The topological polar surface area (TPSA) is 165 Å².